The van der Waals surface area contributed by atoms with Gasteiger partial charge in [-0.15, -0.1) is 5.10 Å². The van der Waals surface area contributed by atoms with Crippen LogP contribution in [0.3, 0.4) is 0 Å². The van der Waals surface area contributed by atoms with Gasteiger partial charge in [0.25, 0.3) is 0 Å². The van der Waals surface area contributed by atoms with E-state index in [1.165, 1.54) is 18.0 Å². The molecule has 0 amide bonds. The zero-order valence-corrected chi connectivity index (χ0v) is 15.8. The maximum atomic E-state index is 11.7. The van der Waals surface area contributed by atoms with E-state index >= 15 is 0 Å². The molecule has 1 aliphatic carbocycles. The number of carbonyl (C=O) groups excluding carboxylic acids is 1. The maximum absolute atomic E-state index is 11.7. The van der Waals surface area contributed by atoms with Gasteiger partial charge in [-0.3, -0.25) is 4.79 Å². The minimum Gasteiger partial charge on any atom is -0.476 e. The molecule has 2 fully saturated rings. The van der Waals surface area contributed by atoms with Crippen molar-refractivity contribution in [3.8, 4) is 0 Å². The predicted molar refractivity (Wildman–Crippen MR) is 100 cm³/mol. The Labute approximate surface area is 165 Å². The fraction of sp³-hybridized carbons (Fsp3) is 0.444. The number of hydrogen-bond acceptors (Lipinski definition) is 8. The molecule has 0 atom stereocenters. The number of nitrogens with zero attached hydrogens (tertiary/aromatic N) is 5. The topological polar surface area (TPSA) is 150 Å². The number of carboxylic acid groups (broad SMARTS) is 1. The number of H-pyrrole nitrogens is 1. The summed E-state index contributed by atoms with van der Waals surface area (Å²) in [6.45, 7) is 1.28. The Morgan fingerprint density at radius 1 is 1.38 bits per heavy atom. The van der Waals surface area contributed by atoms with Gasteiger partial charge in [0, 0.05) is 30.9 Å². The first-order valence-corrected chi connectivity index (χ1v) is 9.25. The summed E-state index contributed by atoms with van der Waals surface area (Å²) in [5.74, 6) is -0.675. The normalized spacial score (nSPS) is 17.1. The zero-order chi connectivity index (χ0) is 20.5. The number of esters is 1. The summed E-state index contributed by atoms with van der Waals surface area (Å²) in [5.41, 5.74) is 1.84. The first-order valence-electron chi connectivity index (χ1n) is 9.25. The van der Waals surface area contributed by atoms with Crippen LogP contribution in [-0.4, -0.2) is 72.8 Å². The number of ether oxygens (including phenoxy) is 1. The van der Waals surface area contributed by atoms with Crippen LogP contribution < -0.4 is 0 Å². The summed E-state index contributed by atoms with van der Waals surface area (Å²) in [6.07, 6.45) is 6.91. The number of carbonyl (C=O) groups is 2. The van der Waals surface area contributed by atoms with Crippen molar-refractivity contribution in [2.75, 3.05) is 20.2 Å². The summed E-state index contributed by atoms with van der Waals surface area (Å²) < 4.78 is 6.20. The molecule has 29 heavy (non-hydrogen) atoms. The van der Waals surface area contributed by atoms with Crippen LogP contribution in [0, 0.1) is 17.2 Å². The molecule has 0 spiro atoms. The van der Waals surface area contributed by atoms with Crippen LogP contribution in [0.4, 0.5) is 0 Å². The Morgan fingerprint density at radius 2 is 2.14 bits per heavy atom. The van der Waals surface area contributed by atoms with Gasteiger partial charge in [-0.05, 0) is 18.9 Å². The smallest absolute Gasteiger partial charge is 0.358 e. The van der Waals surface area contributed by atoms with Crippen LogP contribution in [0.5, 0.6) is 0 Å². The van der Waals surface area contributed by atoms with Crippen LogP contribution in [0.15, 0.2) is 18.5 Å². The van der Waals surface area contributed by atoms with Crippen molar-refractivity contribution in [2.45, 2.75) is 19.4 Å². The largest absolute Gasteiger partial charge is 0.476 e. The predicted octanol–water partition coefficient (Wildman–Crippen LogP) is 0.623. The van der Waals surface area contributed by atoms with E-state index in [1.807, 2.05) is 11.0 Å². The van der Waals surface area contributed by atoms with Gasteiger partial charge in [0.1, 0.15) is 0 Å². The van der Waals surface area contributed by atoms with Gasteiger partial charge in [0.05, 0.1) is 37.2 Å². The molecule has 3 N–H and O–H groups in total. The van der Waals surface area contributed by atoms with E-state index < -0.39 is 5.97 Å². The summed E-state index contributed by atoms with van der Waals surface area (Å²) in [5, 5.41) is 24.6. The minimum absolute atomic E-state index is 0.131. The average Bonchev–Trinajstić information content (AvgIpc) is 3.24. The molecule has 2 aromatic heterocycles. The van der Waals surface area contributed by atoms with Crippen LogP contribution in [0.25, 0.3) is 5.70 Å². The Balaban J connectivity index is 1.51. The molecule has 2 aliphatic rings. The SMILES string of the molecule is COC(=O)C1CN(/C(=C/C(=N)C2CC2)c2nc(Cn3cc(C(=O)O)nn3)c[nH]2)C1. The van der Waals surface area contributed by atoms with Crippen molar-refractivity contribution in [3.63, 3.8) is 0 Å². The van der Waals surface area contributed by atoms with E-state index in [2.05, 4.69) is 20.3 Å². The first kappa shape index (κ1) is 18.8. The number of aromatic carboxylic acids is 1. The first-order chi connectivity index (χ1) is 13.9. The number of hydrogen-bond donors (Lipinski definition) is 3. The lowest BCUT2D eigenvalue weighted by atomic mass is 9.98. The maximum Gasteiger partial charge on any atom is 0.358 e. The lowest BCUT2D eigenvalue weighted by Gasteiger charge is -2.40. The van der Waals surface area contributed by atoms with E-state index in [9.17, 15) is 9.59 Å². The summed E-state index contributed by atoms with van der Waals surface area (Å²) in [4.78, 5) is 32.3. The molecule has 0 bridgehead atoms. The Kier molecular flexibility index (Phi) is 4.87. The zero-order valence-electron chi connectivity index (χ0n) is 15.8. The van der Waals surface area contributed by atoms with Gasteiger partial charge < -0.3 is 25.1 Å². The fourth-order valence-electron chi connectivity index (χ4n) is 3.17. The highest BCUT2D eigenvalue weighted by Crippen LogP contribution is 2.33. The quantitative estimate of drug-likeness (QED) is 0.432. The molecule has 0 radical (unpaired) electrons. The van der Waals surface area contributed by atoms with Crippen molar-refractivity contribution in [2.24, 2.45) is 11.8 Å². The molecule has 11 heteroatoms. The number of aromatic amines is 1. The van der Waals surface area contributed by atoms with E-state index in [4.69, 9.17) is 15.3 Å². The van der Waals surface area contributed by atoms with Crippen molar-refractivity contribution in [1.82, 2.24) is 29.9 Å². The molecule has 2 aromatic rings. The van der Waals surface area contributed by atoms with E-state index in [0.717, 1.165) is 18.5 Å². The Hall–Kier alpha value is -3.50. The summed E-state index contributed by atoms with van der Waals surface area (Å²) >= 11 is 0. The number of imidazole rings is 1. The number of rotatable bonds is 8. The second kappa shape index (κ2) is 7.49. The van der Waals surface area contributed by atoms with E-state index in [-0.39, 0.29) is 24.1 Å². The van der Waals surface area contributed by atoms with Gasteiger partial charge in [0.15, 0.2) is 11.5 Å². The fourth-order valence-corrected chi connectivity index (χ4v) is 3.17. The lowest BCUT2D eigenvalue weighted by Crippen LogP contribution is -2.49. The van der Waals surface area contributed by atoms with E-state index in [0.29, 0.717) is 36.2 Å². The van der Waals surface area contributed by atoms with E-state index in [1.54, 1.807) is 6.20 Å². The monoisotopic (exact) mass is 399 g/mol. The summed E-state index contributed by atoms with van der Waals surface area (Å²) in [6, 6.07) is 0. The minimum atomic E-state index is -1.14. The highest BCUT2D eigenvalue weighted by atomic mass is 16.5. The highest BCUT2D eigenvalue weighted by Gasteiger charge is 2.36. The van der Waals surface area contributed by atoms with Gasteiger partial charge in [-0.1, -0.05) is 5.21 Å². The lowest BCUT2D eigenvalue weighted by molar-refractivity contribution is -0.149. The van der Waals surface area contributed by atoms with Crippen molar-refractivity contribution >= 4 is 23.3 Å². The molecule has 0 unspecified atom stereocenters. The number of carboxylic acids is 1. The highest BCUT2D eigenvalue weighted by molar-refractivity contribution is 6.01. The standard InChI is InChI=1S/C18H21N7O4/c1-29-18(28)11-6-24(7-11)15(4-13(19)10-2-3-10)16-20-5-12(21-16)8-25-9-14(17(26)27)22-23-25/h4-5,9-11,19H,2-3,6-8H2,1H3,(H,20,21)(H,26,27)/b15-4+,19-13?. The molecular weight excluding hydrogens is 378 g/mol. The summed E-state index contributed by atoms with van der Waals surface area (Å²) in [7, 11) is 1.38. The number of allylic oxidation sites excluding steroid dienone is 1. The van der Waals surface area contributed by atoms with Gasteiger partial charge in [-0.2, -0.15) is 0 Å². The molecule has 11 nitrogen and oxygen atoms in total. The molecule has 0 aromatic carbocycles. The second-order valence-corrected chi connectivity index (χ2v) is 7.23. The molecule has 3 heterocycles. The van der Waals surface area contributed by atoms with Crippen LogP contribution in [0.2, 0.25) is 0 Å². The van der Waals surface area contributed by atoms with Crippen LogP contribution >= 0.6 is 0 Å². The number of likely N-dealkylation sites (tertiary alicyclic amines) is 1. The van der Waals surface area contributed by atoms with Crippen molar-refractivity contribution in [1.29, 1.82) is 5.41 Å². The molecule has 4 rings (SSSR count). The van der Waals surface area contributed by atoms with Crippen LogP contribution in [-0.2, 0) is 16.1 Å². The number of nitrogens with one attached hydrogen (secondary N) is 2. The Morgan fingerprint density at radius 3 is 2.76 bits per heavy atom. The molecule has 1 saturated carbocycles. The third-order valence-corrected chi connectivity index (χ3v) is 5.02. The molecule has 1 saturated heterocycles. The molecule has 1 aliphatic heterocycles. The van der Waals surface area contributed by atoms with Gasteiger partial charge in [0.2, 0.25) is 0 Å². The Bertz CT molecular complexity index is 982. The number of aromatic nitrogens is 5. The average molecular weight is 399 g/mol. The van der Waals surface area contributed by atoms with Crippen molar-refractivity contribution < 1.29 is 19.4 Å². The van der Waals surface area contributed by atoms with Crippen molar-refractivity contribution in [3.05, 3.63) is 35.7 Å². The third-order valence-electron chi connectivity index (χ3n) is 5.02. The second-order valence-electron chi connectivity index (χ2n) is 7.23. The van der Waals surface area contributed by atoms with Gasteiger partial charge in [-0.25, -0.2) is 14.5 Å². The van der Waals surface area contributed by atoms with Crippen LogP contribution in [0.1, 0.15) is 34.8 Å². The molecular formula is C18H21N7O4. The molecule has 152 valence electrons. The number of methoxy groups -OCH3 is 1. The third kappa shape index (κ3) is 4.03. The van der Waals surface area contributed by atoms with Gasteiger partial charge >= 0.3 is 11.9 Å².